The molecule has 0 aromatic heterocycles. The topological polar surface area (TPSA) is 70.9 Å². The molecular weight excluding hydrogens is 594 g/mol. The number of hydrogen-bond acceptors (Lipinski definition) is 4. The molecule has 1 amide bonds. The van der Waals surface area contributed by atoms with E-state index in [1.807, 2.05) is 78.9 Å². The zero-order valence-electron chi connectivity index (χ0n) is 29.7. The Morgan fingerprint density at radius 2 is 1.10 bits per heavy atom. The third-order valence-corrected chi connectivity index (χ3v) is 8.61. The maximum Gasteiger partial charge on any atom is 0.255 e. The Bertz CT molecular complexity index is 1550. The van der Waals surface area contributed by atoms with Gasteiger partial charge in [-0.05, 0) is 60.9 Å². The molecule has 7 nitrogen and oxygen atoms in total. The molecule has 0 fully saturated rings. The van der Waals surface area contributed by atoms with Crippen molar-refractivity contribution in [2.45, 2.75) is 59.0 Å². The number of nitrogens with zero attached hydrogens (tertiary/aromatic N) is 4. The molecule has 48 heavy (non-hydrogen) atoms. The van der Waals surface area contributed by atoms with Gasteiger partial charge in [0, 0.05) is 34.4 Å². The first kappa shape index (κ1) is 36.4. The molecule has 4 rings (SSSR count). The number of Topliss-reactive ketones (excluding diaryl/α,β-unsaturated/α-hetero) is 1. The Morgan fingerprint density at radius 1 is 0.604 bits per heavy atom. The second-order valence-electron chi connectivity index (χ2n) is 14.2. The fourth-order valence-electron chi connectivity index (χ4n) is 5.86. The predicted molar refractivity (Wildman–Crippen MR) is 197 cm³/mol. The highest BCUT2D eigenvalue weighted by Gasteiger charge is 2.17. The van der Waals surface area contributed by atoms with Gasteiger partial charge >= 0.3 is 0 Å². The number of hydrogen-bond donors (Lipinski definition) is 1. The van der Waals surface area contributed by atoms with Gasteiger partial charge in [-0.3, -0.25) is 9.59 Å². The summed E-state index contributed by atoms with van der Waals surface area (Å²) in [6.07, 6.45) is 5.08. The first-order valence-electron chi connectivity index (χ1n) is 17.2. The highest BCUT2D eigenvalue weighted by Crippen LogP contribution is 2.24. The number of azo groups is 1. The van der Waals surface area contributed by atoms with Crippen molar-refractivity contribution in [3.8, 4) is 0 Å². The van der Waals surface area contributed by atoms with Gasteiger partial charge in [0.2, 0.25) is 0 Å². The average Bonchev–Trinajstić information content (AvgIpc) is 3.06. The minimum atomic E-state index is -0.169. The van der Waals surface area contributed by atoms with E-state index in [1.165, 1.54) is 36.8 Å². The van der Waals surface area contributed by atoms with Crippen LogP contribution in [-0.2, 0) is 19.5 Å². The standard InChI is InChI=1S/C41H52N5O2/c1-7-9-25-45(3,4)30-32-17-21-35(22-18-32)40(47)28-34-13-11-15-38(27-34)43-44-39-16-12-14-37(29-39)42-41(48)36-23-19-33(20-24-36)31-46(5,6)26-10-8-2/h11-24,27,29H,7-10,25-26,28,30-31H2,1-6H3/q+1/p+1. The van der Waals surface area contributed by atoms with Crippen LogP contribution in [0.1, 0.15) is 76.9 Å². The van der Waals surface area contributed by atoms with E-state index in [-0.39, 0.29) is 11.7 Å². The summed E-state index contributed by atoms with van der Waals surface area (Å²) in [5, 5.41) is 11.8. The maximum absolute atomic E-state index is 13.1. The van der Waals surface area contributed by atoms with Crippen molar-refractivity contribution < 1.29 is 18.6 Å². The SMILES string of the molecule is CCCC[N+](C)(C)Cc1ccc(C(=O)Cc2cccc(N=Nc3cccc(NC(=O)c4ccc(C[N+](C)(C)CCCC)cc4)c3)c2)cc1. The normalized spacial score (nSPS) is 12.0. The molecule has 0 aliphatic carbocycles. The van der Waals surface area contributed by atoms with Gasteiger partial charge in [0.1, 0.15) is 13.1 Å². The van der Waals surface area contributed by atoms with Crippen molar-refractivity contribution in [1.82, 2.24) is 0 Å². The minimum Gasteiger partial charge on any atom is -0.325 e. The smallest absolute Gasteiger partial charge is 0.255 e. The Hall–Kier alpha value is -4.46. The summed E-state index contributed by atoms with van der Waals surface area (Å²) in [5.41, 5.74) is 6.59. The van der Waals surface area contributed by atoms with Crippen LogP contribution in [0.2, 0.25) is 0 Å². The third-order valence-electron chi connectivity index (χ3n) is 8.61. The molecule has 0 heterocycles. The van der Waals surface area contributed by atoms with Crippen LogP contribution in [0.3, 0.4) is 0 Å². The molecule has 252 valence electrons. The highest BCUT2D eigenvalue weighted by atomic mass is 16.1. The van der Waals surface area contributed by atoms with Gasteiger partial charge in [-0.15, -0.1) is 0 Å². The van der Waals surface area contributed by atoms with Crippen LogP contribution in [-0.4, -0.2) is 61.9 Å². The van der Waals surface area contributed by atoms with Crippen LogP contribution in [0, 0.1) is 0 Å². The number of anilines is 1. The van der Waals surface area contributed by atoms with E-state index >= 15 is 0 Å². The van der Waals surface area contributed by atoms with Gasteiger partial charge in [-0.2, -0.15) is 10.2 Å². The predicted octanol–water partition coefficient (Wildman–Crippen LogP) is 9.53. The molecule has 0 bridgehead atoms. The summed E-state index contributed by atoms with van der Waals surface area (Å²) in [4.78, 5) is 26.1. The van der Waals surface area contributed by atoms with Gasteiger partial charge in [0.05, 0.1) is 52.7 Å². The molecule has 0 radical (unpaired) electrons. The fourth-order valence-corrected chi connectivity index (χ4v) is 5.86. The van der Waals surface area contributed by atoms with Crippen molar-refractivity contribution in [2.24, 2.45) is 10.2 Å². The number of quaternary nitrogens is 2. The lowest BCUT2D eigenvalue weighted by molar-refractivity contribution is -0.903. The molecule has 0 saturated carbocycles. The van der Waals surface area contributed by atoms with Crippen molar-refractivity contribution >= 4 is 28.8 Å². The zero-order chi connectivity index (χ0) is 34.6. The number of carbonyl (C=O) groups is 2. The second kappa shape index (κ2) is 17.1. The molecule has 1 N–H and O–H groups in total. The van der Waals surface area contributed by atoms with Crippen LogP contribution in [0.4, 0.5) is 17.1 Å². The van der Waals surface area contributed by atoms with E-state index in [0.717, 1.165) is 40.7 Å². The van der Waals surface area contributed by atoms with Crippen LogP contribution in [0.5, 0.6) is 0 Å². The molecular formula is C41H53N5O2+2. The Balaban J connectivity index is 1.33. The molecule has 0 spiro atoms. The summed E-state index contributed by atoms with van der Waals surface area (Å²) < 4.78 is 1.86. The summed E-state index contributed by atoms with van der Waals surface area (Å²) in [6.45, 7) is 8.58. The summed E-state index contributed by atoms with van der Waals surface area (Å²) >= 11 is 0. The first-order chi connectivity index (χ1) is 22.9. The second-order valence-corrected chi connectivity index (χ2v) is 14.2. The molecule has 4 aromatic carbocycles. The lowest BCUT2D eigenvalue weighted by Gasteiger charge is -2.29. The number of carbonyl (C=O) groups excluding carboxylic acids is 2. The molecule has 4 aromatic rings. The van der Waals surface area contributed by atoms with E-state index in [4.69, 9.17) is 0 Å². The van der Waals surface area contributed by atoms with Gasteiger partial charge < -0.3 is 14.3 Å². The lowest BCUT2D eigenvalue weighted by Crippen LogP contribution is -2.39. The van der Waals surface area contributed by atoms with Crippen molar-refractivity contribution in [2.75, 3.05) is 46.6 Å². The summed E-state index contributed by atoms with van der Waals surface area (Å²) in [5.74, 6) is -0.0965. The van der Waals surface area contributed by atoms with Gasteiger partial charge in [0.15, 0.2) is 5.78 Å². The molecule has 0 aliphatic rings. The number of nitrogens with one attached hydrogen (secondary N) is 1. The van der Waals surface area contributed by atoms with Crippen molar-refractivity contribution in [3.63, 3.8) is 0 Å². The van der Waals surface area contributed by atoms with Crippen LogP contribution < -0.4 is 5.32 Å². The van der Waals surface area contributed by atoms with E-state index in [2.05, 4.69) is 69.7 Å². The third kappa shape index (κ3) is 11.7. The van der Waals surface area contributed by atoms with Crippen LogP contribution in [0.25, 0.3) is 0 Å². The van der Waals surface area contributed by atoms with Crippen molar-refractivity contribution in [3.05, 3.63) is 125 Å². The van der Waals surface area contributed by atoms with Gasteiger partial charge in [-0.1, -0.05) is 81.3 Å². The number of benzene rings is 4. The van der Waals surface area contributed by atoms with Crippen molar-refractivity contribution in [1.29, 1.82) is 0 Å². The van der Waals surface area contributed by atoms with Crippen LogP contribution >= 0.6 is 0 Å². The number of amides is 1. The Labute approximate surface area is 287 Å². The molecule has 0 atom stereocenters. The lowest BCUT2D eigenvalue weighted by atomic mass is 10.0. The van der Waals surface area contributed by atoms with E-state index in [1.54, 1.807) is 6.07 Å². The van der Waals surface area contributed by atoms with Crippen LogP contribution in [0.15, 0.2) is 107 Å². The average molecular weight is 648 g/mol. The number of unbranched alkanes of at least 4 members (excludes halogenated alkanes) is 2. The van der Waals surface area contributed by atoms with E-state index in [9.17, 15) is 9.59 Å². The Morgan fingerprint density at radius 3 is 1.65 bits per heavy atom. The largest absolute Gasteiger partial charge is 0.325 e. The maximum atomic E-state index is 13.1. The highest BCUT2D eigenvalue weighted by molar-refractivity contribution is 6.04. The van der Waals surface area contributed by atoms with E-state index < -0.39 is 0 Å². The zero-order valence-corrected chi connectivity index (χ0v) is 29.7. The van der Waals surface area contributed by atoms with Gasteiger partial charge in [-0.25, -0.2) is 0 Å². The minimum absolute atomic E-state index is 0.0726. The van der Waals surface area contributed by atoms with E-state index in [0.29, 0.717) is 34.6 Å². The molecule has 0 saturated heterocycles. The molecule has 7 heteroatoms. The summed E-state index contributed by atoms with van der Waals surface area (Å²) in [6, 6.07) is 30.8. The molecule has 0 unspecified atom stereocenters. The first-order valence-corrected chi connectivity index (χ1v) is 17.2. The molecule has 0 aliphatic heterocycles. The monoisotopic (exact) mass is 647 g/mol. The number of ketones is 1. The fraction of sp³-hybridized carbons (Fsp3) is 0.366. The Kier molecular flexibility index (Phi) is 13.0. The quantitative estimate of drug-likeness (QED) is 0.0704. The summed E-state index contributed by atoms with van der Waals surface area (Å²) in [7, 11) is 9.00. The number of rotatable bonds is 17. The van der Waals surface area contributed by atoms with Gasteiger partial charge in [0.25, 0.3) is 5.91 Å².